The van der Waals surface area contributed by atoms with Crippen LogP contribution in [0.5, 0.6) is 23.0 Å². The summed E-state index contributed by atoms with van der Waals surface area (Å²) in [4.78, 5) is 20.9. The Balaban J connectivity index is 0.761. The average molecular weight is 1760 g/mol. The van der Waals surface area contributed by atoms with Gasteiger partial charge in [0, 0.05) is 90.5 Å². The number of hydrogen-bond acceptors (Lipinski definition) is 10. The fraction of sp³-hybridized carbons (Fsp3) is 0.194. The van der Waals surface area contributed by atoms with Gasteiger partial charge in [0.05, 0.1) is 48.8 Å². The molecular weight excluding hydrogens is 1640 g/mol. The number of unbranched alkanes of at least 4 members (excludes halogenated alkanes) is 12. The highest BCUT2D eigenvalue weighted by Gasteiger charge is 2.22. The zero-order valence-electron chi connectivity index (χ0n) is 77.9. The molecule has 0 saturated carbocycles. The normalized spacial score (nSPS) is 11.5. The molecule has 15 aromatic carbocycles. The molecular formula is C124H122N6O4. The average Bonchev–Trinajstić information content (AvgIpc) is 0.755. The minimum atomic E-state index is 0.701. The summed E-state index contributed by atoms with van der Waals surface area (Å²) in [5.74, 6) is 3.47. The van der Waals surface area contributed by atoms with Crippen LogP contribution in [0.3, 0.4) is 0 Å². The Hall–Kier alpha value is -15.0. The summed E-state index contributed by atoms with van der Waals surface area (Å²) in [7, 11) is 0. The van der Waals surface area contributed by atoms with Crippen LogP contribution < -0.4 is 38.5 Å². The number of benzene rings is 15. The van der Waals surface area contributed by atoms with Gasteiger partial charge in [-0.2, -0.15) is 0 Å². The predicted molar refractivity (Wildman–Crippen MR) is 569 cm³/mol. The number of hydrogen-bond donors (Lipinski definition) is 0. The summed E-state index contributed by atoms with van der Waals surface area (Å²) in [5, 5.41) is 0. The lowest BCUT2D eigenvalue weighted by Gasteiger charge is -2.26. The monoisotopic (exact) mass is 1760 g/mol. The van der Waals surface area contributed by atoms with Crippen molar-refractivity contribution >= 4 is 128 Å². The zero-order chi connectivity index (χ0) is 91.5. The molecule has 0 N–H and O–H groups in total. The SMILES string of the molecule is CCCCCCOc1ccc(N(c2ccc(/C=C/c3ccc(/C=C/c4ccc(N(c5ccc(OCCCCCC)cc5)c5ccc(OCCCCCC)cc5)cc4)c4nc(-c5ccc(/C=C/c6ccc(N(c7ccccc7)c7ccccc7)cc6)cc5)c(-c5ccc(/C=C/c6ccc(N(c7ccccc7)c7ccccc7)cc6)cc5)nc34)cc2)c2ccc(OCCCCCC)cc2)cc1. The quantitative estimate of drug-likeness (QED) is 0.0272. The van der Waals surface area contributed by atoms with Crippen molar-refractivity contribution in [3.63, 3.8) is 0 Å². The first-order chi connectivity index (χ1) is 66.3. The second-order valence-electron chi connectivity index (χ2n) is 34.1. The molecule has 0 saturated heterocycles. The van der Waals surface area contributed by atoms with Crippen molar-refractivity contribution < 1.29 is 18.9 Å². The van der Waals surface area contributed by atoms with Crippen molar-refractivity contribution in [2.75, 3.05) is 46.0 Å². The van der Waals surface area contributed by atoms with Gasteiger partial charge in [0.25, 0.3) is 0 Å². The standard InChI is InChI=1S/C124H122N6O4/c1-5-9-13-29-91-131-117-83-75-113(76-84-117)129(114-77-85-118(86-78-114)132-92-30-14-10-6-2)111-71-55-99(56-72-111)49-63-103-65-66-104(64-50-100-57-73-112(74-58-100)130(115-79-87-119(88-80-115)133-93-31-15-11-7-3)116-81-89-120(90-82-116)134-94-32-16-12-8-4)124-123(103)125-121(101-59-45-95(46-60-101)41-43-97-51-67-109(68-52-97)127(105-33-21-17-22-34-105)106-35-23-18-24-36-106)122(126-124)102-61-47-96(48-62-102)42-44-98-53-69-110(70-54-98)128(107-37-25-19-26-38-107)108-39-27-20-28-40-108/h17-28,33-90H,5-16,29-32,91-94H2,1-4H3/b43-41+,44-42+,63-49+,64-50+. The summed E-state index contributed by atoms with van der Waals surface area (Å²) < 4.78 is 25.1. The van der Waals surface area contributed by atoms with E-state index >= 15 is 0 Å². The smallest absolute Gasteiger partial charge is 0.119 e. The Morgan fingerprint density at radius 2 is 0.373 bits per heavy atom. The fourth-order valence-corrected chi connectivity index (χ4v) is 16.8. The molecule has 0 amide bonds. The first kappa shape index (κ1) is 92.3. The minimum Gasteiger partial charge on any atom is -0.494 e. The van der Waals surface area contributed by atoms with Gasteiger partial charge >= 0.3 is 0 Å². The third kappa shape index (κ3) is 25.2. The number of rotatable bonds is 46. The van der Waals surface area contributed by atoms with Crippen LogP contribution in [0.15, 0.2) is 376 Å². The van der Waals surface area contributed by atoms with Gasteiger partial charge in [0.2, 0.25) is 0 Å². The van der Waals surface area contributed by atoms with E-state index in [1.165, 1.54) is 77.0 Å². The van der Waals surface area contributed by atoms with Crippen LogP contribution in [0.1, 0.15) is 175 Å². The molecule has 0 atom stereocenters. The second kappa shape index (κ2) is 48.2. The molecule has 0 radical (unpaired) electrons. The number of aromatic nitrogens is 2. The van der Waals surface area contributed by atoms with Crippen LogP contribution in [0, 0.1) is 0 Å². The Bertz CT molecular complexity index is 5810. The van der Waals surface area contributed by atoms with Gasteiger partial charge in [0.15, 0.2) is 0 Å². The van der Waals surface area contributed by atoms with Gasteiger partial charge in [-0.15, -0.1) is 0 Å². The van der Waals surface area contributed by atoms with Crippen LogP contribution >= 0.6 is 0 Å². The lowest BCUT2D eigenvalue weighted by Crippen LogP contribution is -2.10. The lowest BCUT2D eigenvalue weighted by atomic mass is 9.99. The van der Waals surface area contributed by atoms with Gasteiger partial charge in [-0.3, -0.25) is 0 Å². The molecule has 0 fully saturated rings. The Labute approximate surface area is 794 Å². The first-order valence-corrected chi connectivity index (χ1v) is 48.3. The summed E-state index contributed by atoms with van der Waals surface area (Å²) in [6, 6.07) is 133. The molecule has 672 valence electrons. The van der Waals surface area contributed by atoms with E-state index in [-0.39, 0.29) is 0 Å². The summed E-state index contributed by atoms with van der Waals surface area (Å²) in [6.07, 6.45) is 35.9. The van der Waals surface area contributed by atoms with E-state index in [4.69, 9.17) is 28.9 Å². The predicted octanol–water partition coefficient (Wildman–Crippen LogP) is 35.4. The largest absolute Gasteiger partial charge is 0.494 e. The molecule has 134 heavy (non-hydrogen) atoms. The van der Waals surface area contributed by atoms with Crippen molar-refractivity contribution in [2.24, 2.45) is 0 Å². The first-order valence-electron chi connectivity index (χ1n) is 48.3. The molecule has 0 bridgehead atoms. The molecule has 1 aromatic heterocycles. The van der Waals surface area contributed by atoms with E-state index in [9.17, 15) is 0 Å². The number of fused-ring (bicyclic) bond motifs is 1. The molecule has 10 heteroatoms. The molecule has 0 aliphatic rings. The highest BCUT2D eigenvalue weighted by Crippen LogP contribution is 2.43. The highest BCUT2D eigenvalue weighted by molar-refractivity contribution is 5.99. The van der Waals surface area contributed by atoms with E-state index in [1.807, 2.05) is 0 Å². The third-order valence-corrected chi connectivity index (χ3v) is 24.2. The molecule has 0 spiro atoms. The summed E-state index contributed by atoms with van der Waals surface area (Å²) >= 11 is 0. The van der Waals surface area contributed by atoms with Crippen LogP contribution in [0.2, 0.25) is 0 Å². The molecule has 1 heterocycles. The van der Waals surface area contributed by atoms with Gasteiger partial charge in [-0.25, -0.2) is 9.97 Å². The fourth-order valence-electron chi connectivity index (χ4n) is 16.8. The van der Waals surface area contributed by atoms with Crippen molar-refractivity contribution in [3.8, 4) is 45.5 Å². The lowest BCUT2D eigenvalue weighted by molar-refractivity contribution is 0.305. The zero-order valence-corrected chi connectivity index (χ0v) is 77.9. The van der Waals surface area contributed by atoms with Crippen LogP contribution in [-0.2, 0) is 0 Å². The van der Waals surface area contributed by atoms with E-state index in [2.05, 4.69) is 472 Å². The topological polar surface area (TPSA) is 75.7 Å². The Kier molecular flexibility index (Phi) is 33.2. The number of anilines is 12. The molecule has 16 rings (SSSR count). The van der Waals surface area contributed by atoms with Crippen molar-refractivity contribution in [1.29, 1.82) is 0 Å². The third-order valence-electron chi connectivity index (χ3n) is 24.2. The van der Waals surface area contributed by atoms with Gasteiger partial charge in [-0.1, -0.05) is 335 Å². The molecule has 0 aliphatic heterocycles. The molecule has 0 aliphatic carbocycles. The van der Waals surface area contributed by atoms with E-state index in [0.717, 1.165) is 195 Å². The van der Waals surface area contributed by atoms with Gasteiger partial charge in [0.1, 0.15) is 23.0 Å². The summed E-state index contributed by atoms with van der Waals surface area (Å²) in [5.41, 5.74) is 25.8. The van der Waals surface area contributed by atoms with E-state index in [1.54, 1.807) is 0 Å². The maximum Gasteiger partial charge on any atom is 0.119 e. The van der Waals surface area contributed by atoms with Gasteiger partial charge < -0.3 is 38.5 Å². The van der Waals surface area contributed by atoms with Crippen LogP contribution in [0.25, 0.3) is 82.2 Å². The maximum absolute atomic E-state index is 6.27. The molecule has 16 aromatic rings. The van der Waals surface area contributed by atoms with Gasteiger partial charge in [-0.05, 0) is 253 Å². The van der Waals surface area contributed by atoms with E-state index < -0.39 is 0 Å². The summed E-state index contributed by atoms with van der Waals surface area (Å²) in [6.45, 7) is 11.8. The van der Waals surface area contributed by atoms with Crippen LogP contribution in [-0.4, -0.2) is 36.4 Å². The van der Waals surface area contributed by atoms with Crippen molar-refractivity contribution in [3.05, 3.63) is 421 Å². The van der Waals surface area contributed by atoms with Crippen molar-refractivity contribution in [2.45, 2.75) is 130 Å². The molecule has 0 unspecified atom stereocenters. The number of nitrogens with zero attached hydrogens (tertiary/aromatic N) is 6. The Morgan fingerprint density at radius 1 is 0.187 bits per heavy atom. The van der Waals surface area contributed by atoms with E-state index in [0.29, 0.717) is 26.4 Å². The minimum absolute atomic E-state index is 0.701. The maximum atomic E-state index is 6.27. The van der Waals surface area contributed by atoms with Crippen LogP contribution in [0.4, 0.5) is 68.2 Å². The van der Waals surface area contributed by atoms with Crippen molar-refractivity contribution in [1.82, 2.24) is 9.97 Å². The number of para-hydroxylation sites is 4. The molecule has 10 nitrogen and oxygen atoms in total. The number of ether oxygens (including phenoxy) is 4. The Morgan fingerprint density at radius 3 is 0.582 bits per heavy atom. The second-order valence-corrected chi connectivity index (χ2v) is 34.1. The highest BCUT2D eigenvalue weighted by atomic mass is 16.5.